The van der Waals surface area contributed by atoms with Gasteiger partial charge in [-0.3, -0.25) is 14.6 Å². The molecule has 6 nitrogen and oxygen atoms in total. The van der Waals surface area contributed by atoms with Crippen molar-refractivity contribution in [3.05, 3.63) is 65.1 Å². The molecule has 0 spiro atoms. The third kappa shape index (κ3) is 4.55. The average Bonchev–Trinajstić information content (AvgIpc) is 3.17. The summed E-state index contributed by atoms with van der Waals surface area (Å²) in [5, 5.41) is 10.2. The van der Waals surface area contributed by atoms with Crippen LogP contribution in [0.3, 0.4) is 0 Å². The van der Waals surface area contributed by atoms with Gasteiger partial charge in [0.1, 0.15) is 5.69 Å². The molecule has 0 unspecified atom stereocenters. The Morgan fingerprint density at radius 3 is 2.60 bits per heavy atom. The lowest BCUT2D eigenvalue weighted by Crippen LogP contribution is -2.48. The summed E-state index contributed by atoms with van der Waals surface area (Å²) < 4.78 is 28.4. The van der Waals surface area contributed by atoms with Gasteiger partial charge in [-0.15, -0.1) is 0 Å². The molecule has 8 heteroatoms. The number of aryl methyl sites for hydroxylation is 1. The zero-order valence-corrected chi connectivity index (χ0v) is 19.5. The number of aromatic nitrogens is 2. The molecule has 0 atom stereocenters. The van der Waals surface area contributed by atoms with Crippen molar-refractivity contribution in [2.24, 2.45) is 13.0 Å². The van der Waals surface area contributed by atoms with E-state index in [2.05, 4.69) is 15.7 Å². The number of fused-ring (bicyclic) bond motifs is 1. The number of Topliss-reactive ketones (excluding diaryl/α,β-unsaturated/α-hetero) is 1. The molecule has 35 heavy (non-hydrogen) atoms. The molecular formula is C27H26F2N4O2. The van der Waals surface area contributed by atoms with Gasteiger partial charge >= 0.3 is 0 Å². The van der Waals surface area contributed by atoms with Crippen molar-refractivity contribution in [1.82, 2.24) is 14.5 Å². The van der Waals surface area contributed by atoms with Crippen molar-refractivity contribution in [2.75, 3.05) is 13.1 Å². The number of nitriles is 1. The van der Waals surface area contributed by atoms with Crippen LogP contribution in [0, 0.1) is 17.2 Å². The van der Waals surface area contributed by atoms with Crippen molar-refractivity contribution < 1.29 is 18.4 Å². The average molecular weight is 477 g/mol. The van der Waals surface area contributed by atoms with Gasteiger partial charge in [0.25, 0.3) is 0 Å². The van der Waals surface area contributed by atoms with Gasteiger partial charge in [0.2, 0.25) is 11.8 Å². The van der Waals surface area contributed by atoms with Crippen molar-refractivity contribution in [3.63, 3.8) is 0 Å². The predicted octanol–water partition coefficient (Wildman–Crippen LogP) is 4.62. The van der Waals surface area contributed by atoms with E-state index in [1.165, 1.54) is 17.8 Å². The van der Waals surface area contributed by atoms with Crippen LogP contribution < -0.4 is 0 Å². The van der Waals surface area contributed by atoms with Gasteiger partial charge in [-0.05, 0) is 54.2 Å². The van der Waals surface area contributed by atoms with Crippen molar-refractivity contribution in [1.29, 1.82) is 5.26 Å². The Morgan fingerprint density at radius 2 is 1.91 bits per heavy atom. The Labute approximate surface area is 202 Å². The molecule has 5 rings (SSSR count). The Kier molecular flexibility index (Phi) is 5.87. The summed E-state index contributed by atoms with van der Waals surface area (Å²) >= 11 is 0. The highest BCUT2D eigenvalue weighted by Gasteiger charge is 2.50. The number of piperidine rings is 1. The fraction of sp³-hybridized carbons (Fsp3) is 0.407. The third-order valence-electron chi connectivity index (χ3n) is 7.31. The first-order valence-electron chi connectivity index (χ1n) is 11.9. The molecule has 1 saturated carbocycles. The maximum Gasteiger partial charge on any atom is 0.249 e. The van der Waals surface area contributed by atoms with E-state index in [-0.39, 0.29) is 42.6 Å². The molecule has 3 aromatic rings. The van der Waals surface area contributed by atoms with E-state index in [4.69, 9.17) is 5.26 Å². The first-order valence-corrected chi connectivity index (χ1v) is 11.9. The molecule has 0 bridgehead atoms. The topological polar surface area (TPSA) is 79.0 Å². The van der Waals surface area contributed by atoms with Crippen LogP contribution in [0.1, 0.15) is 58.8 Å². The Bertz CT molecular complexity index is 1340. The maximum atomic E-state index is 13.2. The highest BCUT2D eigenvalue weighted by Crippen LogP contribution is 2.44. The number of pyridine rings is 1. The van der Waals surface area contributed by atoms with E-state index >= 15 is 0 Å². The minimum Gasteiger partial charge on any atom is -0.350 e. The lowest BCUT2D eigenvalue weighted by Gasteiger charge is -2.39. The van der Waals surface area contributed by atoms with Crippen molar-refractivity contribution >= 4 is 22.6 Å². The van der Waals surface area contributed by atoms with Gasteiger partial charge in [0, 0.05) is 68.6 Å². The van der Waals surface area contributed by atoms with E-state index < -0.39 is 11.8 Å². The van der Waals surface area contributed by atoms with E-state index in [0.717, 1.165) is 29.3 Å². The van der Waals surface area contributed by atoms with Crippen molar-refractivity contribution in [3.8, 4) is 6.07 Å². The lowest BCUT2D eigenvalue weighted by molar-refractivity contribution is -0.160. The van der Waals surface area contributed by atoms with Crippen LogP contribution in [0.5, 0.6) is 0 Å². The number of hydrogen-bond acceptors (Lipinski definition) is 4. The van der Waals surface area contributed by atoms with Gasteiger partial charge < -0.3 is 9.47 Å². The summed E-state index contributed by atoms with van der Waals surface area (Å²) in [6.45, 7) is 1.14. The number of hydrogen-bond donors (Lipinski definition) is 0. The molecule has 1 amide bonds. The monoisotopic (exact) mass is 476 g/mol. The molecule has 0 N–H and O–H groups in total. The third-order valence-corrected chi connectivity index (χ3v) is 7.31. The van der Waals surface area contributed by atoms with E-state index in [0.29, 0.717) is 18.7 Å². The molecule has 3 heterocycles. The molecule has 2 fully saturated rings. The minimum atomic E-state index is -2.69. The summed E-state index contributed by atoms with van der Waals surface area (Å²) in [5.41, 5.74) is 3.80. The number of ketones is 1. The van der Waals surface area contributed by atoms with Crippen LogP contribution in [0.25, 0.3) is 10.9 Å². The SMILES string of the molecule is Cn1cc(C2CCN(C(=O)C3CC(F)(F)C3)CC2)c2cc(CC(=O)c3cc(C#N)ccn3)ccc21. The first-order chi connectivity index (χ1) is 16.7. The number of carbonyl (C=O) groups excluding carboxylic acids is 2. The number of rotatable bonds is 5. The zero-order valence-electron chi connectivity index (χ0n) is 19.5. The molecule has 0 radical (unpaired) electrons. The number of benzene rings is 1. The molecular weight excluding hydrogens is 450 g/mol. The van der Waals surface area contributed by atoms with Crippen LogP contribution >= 0.6 is 0 Å². The van der Waals surface area contributed by atoms with E-state index in [1.54, 1.807) is 11.0 Å². The number of nitrogens with zero attached hydrogens (tertiary/aromatic N) is 4. The van der Waals surface area contributed by atoms with E-state index in [1.807, 2.05) is 31.3 Å². The second kappa shape index (κ2) is 8.88. The maximum absolute atomic E-state index is 13.2. The van der Waals surface area contributed by atoms with Crippen LogP contribution in [-0.2, 0) is 18.3 Å². The second-order valence-corrected chi connectivity index (χ2v) is 9.75. The van der Waals surface area contributed by atoms with Crippen LogP contribution in [0.2, 0.25) is 0 Å². The Morgan fingerprint density at radius 1 is 1.17 bits per heavy atom. The highest BCUT2D eigenvalue weighted by atomic mass is 19.3. The van der Waals surface area contributed by atoms with Gasteiger partial charge in [0.05, 0.1) is 11.6 Å². The Balaban J connectivity index is 1.30. The van der Waals surface area contributed by atoms with Gasteiger partial charge in [-0.25, -0.2) is 8.78 Å². The van der Waals surface area contributed by atoms with Crippen molar-refractivity contribution in [2.45, 2.75) is 43.9 Å². The number of halogens is 2. The summed E-state index contributed by atoms with van der Waals surface area (Å²) in [4.78, 5) is 31.2. The molecule has 1 aliphatic carbocycles. The smallest absolute Gasteiger partial charge is 0.249 e. The summed E-state index contributed by atoms with van der Waals surface area (Å²) in [7, 11) is 1.99. The zero-order chi connectivity index (χ0) is 24.7. The van der Waals surface area contributed by atoms with E-state index in [9.17, 15) is 18.4 Å². The molecule has 2 aromatic heterocycles. The Hall–Kier alpha value is -3.60. The van der Waals surface area contributed by atoms with Crippen LogP contribution in [0.15, 0.2) is 42.7 Å². The standard InChI is InChI=1S/C27H26F2N4O2/c1-32-16-22(19-5-8-33(9-6-19)26(35)20-13-27(28,29)14-20)21-10-17(2-3-24(21)32)12-25(34)23-11-18(15-30)4-7-31-23/h2-4,7,10-11,16,19-20H,5-6,8-9,12-14H2,1H3. The predicted molar refractivity (Wildman–Crippen MR) is 126 cm³/mol. The molecule has 1 aromatic carbocycles. The molecule has 2 aliphatic rings. The summed E-state index contributed by atoms with van der Waals surface area (Å²) in [5.74, 6) is -3.25. The number of likely N-dealkylation sites (tertiary alicyclic amines) is 1. The summed E-state index contributed by atoms with van der Waals surface area (Å²) in [6.07, 6.45) is 4.68. The molecule has 1 aliphatic heterocycles. The summed E-state index contributed by atoms with van der Waals surface area (Å²) in [6, 6.07) is 11.1. The van der Waals surface area contributed by atoms with Gasteiger partial charge in [-0.1, -0.05) is 6.07 Å². The number of alkyl halides is 2. The number of carbonyl (C=O) groups is 2. The second-order valence-electron chi connectivity index (χ2n) is 9.75. The minimum absolute atomic E-state index is 0.137. The van der Waals surface area contributed by atoms with Gasteiger partial charge in [-0.2, -0.15) is 5.26 Å². The fourth-order valence-electron chi connectivity index (χ4n) is 5.34. The van der Waals surface area contributed by atoms with Crippen LogP contribution in [0.4, 0.5) is 8.78 Å². The number of amides is 1. The highest BCUT2D eigenvalue weighted by molar-refractivity contribution is 5.97. The van der Waals surface area contributed by atoms with Crippen LogP contribution in [-0.4, -0.2) is 45.2 Å². The lowest BCUT2D eigenvalue weighted by atomic mass is 9.79. The molecule has 1 saturated heterocycles. The molecule has 180 valence electrons. The first kappa shape index (κ1) is 23.2. The fourth-order valence-corrected chi connectivity index (χ4v) is 5.34. The van der Waals surface area contributed by atoms with Gasteiger partial charge in [0.15, 0.2) is 5.78 Å². The normalized spacial score (nSPS) is 18.3. The largest absolute Gasteiger partial charge is 0.350 e. The quantitative estimate of drug-likeness (QED) is 0.504.